The number of aryl methyl sites for hydroxylation is 1. The molecule has 10 heteroatoms. The van der Waals surface area contributed by atoms with Crippen LogP contribution in [0.3, 0.4) is 0 Å². The summed E-state index contributed by atoms with van der Waals surface area (Å²) >= 11 is 0. The average molecular weight is 550 g/mol. The molecule has 1 fully saturated rings. The molecule has 0 N–H and O–H groups in total. The van der Waals surface area contributed by atoms with E-state index in [1.165, 1.54) is 10.1 Å². The third-order valence-electron chi connectivity index (χ3n) is 6.83. The topological polar surface area (TPSA) is 98.9 Å². The van der Waals surface area contributed by atoms with Crippen molar-refractivity contribution in [2.45, 2.75) is 59.2 Å². The van der Waals surface area contributed by atoms with Gasteiger partial charge in [-0.1, -0.05) is 43.3 Å². The van der Waals surface area contributed by atoms with Crippen molar-refractivity contribution in [3.05, 3.63) is 86.2 Å². The van der Waals surface area contributed by atoms with Crippen molar-refractivity contribution >= 4 is 12.0 Å². The molecule has 0 atom stereocenters. The summed E-state index contributed by atoms with van der Waals surface area (Å²) in [5.74, 6) is 1.01. The fraction of sp³-hybridized carbons (Fsp3) is 0.467. The van der Waals surface area contributed by atoms with E-state index in [1.54, 1.807) is 16.6 Å². The molecule has 4 rings (SSSR count). The lowest BCUT2D eigenvalue weighted by Gasteiger charge is -2.27. The second kappa shape index (κ2) is 12.4. The lowest BCUT2D eigenvalue weighted by molar-refractivity contribution is 0.0263. The maximum atomic E-state index is 13.9. The zero-order chi connectivity index (χ0) is 28.9. The third kappa shape index (κ3) is 7.11. The van der Waals surface area contributed by atoms with Crippen LogP contribution in [0.1, 0.15) is 50.8 Å². The van der Waals surface area contributed by atoms with Crippen molar-refractivity contribution < 1.29 is 14.3 Å². The van der Waals surface area contributed by atoms with Gasteiger partial charge in [-0.2, -0.15) is 4.98 Å². The first-order valence-corrected chi connectivity index (χ1v) is 13.7. The van der Waals surface area contributed by atoms with Gasteiger partial charge >= 0.3 is 17.5 Å². The number of hydrogen-bond donors (Lipinski definition) is 0. The highest BCUT2D eigenvalue weighted by atomic mass is 16.6. The number of anilines is 1. The van der Waals surface area contributed by atoms with Gasteiger partial charge in [-0.3, -0.25) is 4.57 Å². The first-order valence-electron chi connectivity index (χ1n) is 13.7. The molecule has 0 aliphatic carbocycles. The third-order valence-corrected chi connectivity index (χ3v) is 6.83. The van der Waals surface area contributed by atoms with Crippen LogP contribution in [0.4, 0.5) is 10.7 Å². The predicted molar refractivity (Wildman–Crippen MR) is 154 cm³/mol. The first kappa shape index (κ1) is 28.9. The van der Waals surface area contributed by atoms with Crippen molar-refractivity contribution in [1.29, 1.82) is 0 Å². The zero-order valence-electron chi connectivity index (χ0n) is 24.1. The molecule has 0 radical (unpaired) electrons. The molecule has 214 valence electrons. The van der Waals surface area contributed by atoms with Crippen molar-refractivity contribution in [3.63, 3.8) is 0 Å². The SMILES string of the molecule is CCc1ccc(Cn2c(=O)nc(N3CCCN(C(=O)OC(C)(C)C)CC3)n(Cc3ccc(OC)cc3)c2=O)cc1. The van der Waals surface area contributed by atoms with Gasteiger partial charge in [0.05, 0.1) is 20.2 Å². The van der Waals surface area contributed by atoms with E-state index in [2.05, 4.69) is 11.9 Å². The number of rotatable bonds is 7. The van der Waals surface area contributed by atoms with Crippen LogP contribution in [0.5, 0.6) is 5.75 Å². The number of carbonyl (C=O) groups is 1. The molecule has 2 aromatic carbocycles. The second-order valence-corrected chi connectivity index (χ2v) is 11.0. The Morgan fingerprint density at radius 3 is 2.05 bits per heavy atom. The van der Waals surface area contributed by atoms with Gasteiger partial charge in [0.25, 0.3) is 0 Å². The fourth-order valence-corrected chi connectivity index (χ4v) is 4.64. The smallest absolute Gasteiger partial charge is 0.410 e. The van der Waals surface area contributed by atoms with Crippen molar-refractivity contribution in [2.75, 3.05) is 38.2 Å². The highest BCUT2D eigenvalue weighted by Gasteiger charge is 2.27. The number of hydrogen-bond acceptors (Lipinski definition) is 7. The molecule has 1 aliphatic heterocycles. The Morgan fingerprint density at radius 2 is 1.45 bits per heavy atom. The molecular weight excluding hydrogens is 510 g/mol. The first-order chi connectivity index (χ1) is 19.1. The summed E-state index contributed by atoms with van der Waals surface area (Å²) in [4.78, 5) is 47.8. The van der Waals surface area contributed by atoms with Crippen molar-refractivity contribution in [2.24, 2.45) is 0 Å². The Balaban J connectivity index is 1.68. The van der Waals surface area contributed by atoms with Crippen LogP contribution >= 0.6 is 0 Å². The van der Waals surface area contributed by atoms with Gasteiger partial charge in [0.2, 0.25) is 5.95 Å². The van der Waals surface area contributed by atoms with E-state index < -0.39 is 17.0 Å². The normalized spacial score (nSPS) is 14.1. The van der Waals surface area contributed by atoms with Gasteiger partial charge in [0.15, 0.2) is 0 Å². The Kier molecular flexibility index (Phi) is 8.96. The number of aromatic nitrogens is 3. The summed E-state index contributed by atoms with van der Waals surface area (Å²) in [7, 11) is 1.60. The summed E-state index contributed by atoms with van der Waals surface area (Å²) in [5, 5.41) is 0. The minimum absolute atomic E-state index is 0.129. The Hall–Kier alpha value is -4.08. The van der Waals surface area contributed by atoms with Crippen molar-refractivity contribution in [1.82, 2.24) is 19.0 Å². The molecule has 0 bridgehead atoms. The maximum absolute atomic E-state index is 13.9. The quantitative estimate of drug-likeness (QED) is 0.445. The highest BCUT2D eigenvalue weighted by Crippen LogP contribution is 2.18. The fourth-order valence-electron chi connectivity index (χ4n) is 4.64. The maximum Gasteiger partial charge on any atom is 0.410 e. The molecule has 0 unspecified atom stereocenters. The van der Waals surface area contributed by atoms with E-state index in [0.717, 1.165) is 17.5 Å². The lowest BCUT2D eigenvalue weighted by atomic mass is 10.1. The molecule has 40 heavy (non-hydrogen) atoms. The average Bonchev–Trinajstić information content (AvgIpc) is 3.19. The van der Waals surface area contributed by atoms with Gasteiger partial charge in [-0.05, 0) is 62.4 Å². The van der Waals surface area contributed by atoms with E-state index in [4.69, 9.17) is 9.47 Å². The molecule has 3 aromatic rings. The summed E-state index contributed by atoms with van der Waals surface area (Å²) in [5.41, 5.74) is 1.28. The van der Waals surface area contributed by atoms with Gasteiger partial charge in [0.1, 0.15) is 11.4 Å². The number of amides is 1. The number of nitrogens with zero attached hydrogens (tertiary/aromatic N) is 5. The summed E-state index contributed by atoms with van der Waals surface area (Å²) < 4.78 is 13.6. The molecule has 0 spiro atoms. The van der Waals surface area contributed by atoms with Gasteiger partial charge in [0, 0.05) is 26.2 Å². The Bertz CT molecular complexity index is 1420. The van der Waals surface area contributed by atoms with Crippen LogP contribution in [-0.4, -0.2) is 64.0 Å². The van der Waals surface area contributed by atoms with Crippen LogP contribution in [0.15, 0.2) is 58.1 Å². The van der Waals surface area contributed by atoms with Crippen molar-refractivity contribution in [3.8, 4) is 5.75 Å². The largest absolute Gasteiger partial charge is 0.497 e. The number of benzene rings is 2. The number of methoxy groups -OCH3 is 1. The zero-order valence-corrected chi connectivity index (χ0v) is 24.1. The summed E-state index contributed by atoms with van der Waals surface area (Å²) in [6.07, 6.45) is 1.18. The minimum atomic E-state index is -0.598. The van der Waals surface area contributed by atoms with E-state index in [0.29, 0.717) is 44.3 Å². The lowest BCUT2D eigenvalue weighted by Crippen LogP contribution is -2.46. The molecule has 1 aromatic heterocycles. The van der Waals surface area contributed by atoms with E-state index in [-0.39, 0.29) is 19.2 Å². The monoisotopic (exact) mass is 549 g/mol. The molecule has 10 nitrogen and oxygen atoms in total. The van der Waals surface area contributed by atoms with Crippen LogP contribution in [0.2, 0.25) is 0 Å². The van der Waals surface area contributed by atoms with E-state index in [9.17, 15) is 14.4 Å². The highest BCUT2D eigenvalue weighted by molar-refractivity contribution is 5.68. The molecule has 1 saturated heterocycles. The van der Waals surface area contributed by atoms with E-state index >= 15 is 0 Å². The predicted octanol–water partition coefficient (Wildman–Crippen LogP) is 3.52. The van der Waals surface area contributed by atoms with Gasteiger partial charge < -0.3 is 19.3 Å². The standard InChI is InChI=1S/C30H39N5O5/c1-6-22-8-10-23(11-9-22)21-35-27(36)31-26(34(28(35)37)20-24-12-14-25(39-5)15-13-24)32-16-7-17-33(19-18-32)29(38)40-30(2,3)4/h8-15H,6-7,16-21H2,1-5H3. The number of carbonyl (C=O) groups excluding carboxylic acids is 1. The summed E-state index contributed by atoms with van der Waals surface area (Å²) in [6, 6.07) is 15.3. The Morgan fingerprint density at radius 1 is 0.850 bits per heavy atom. The van der Waals surface area contributed by atoms with Crippen LogP contribution in [0.25, 0.3) is 0 Å². The molecule has 2 heterocycles. The molecule has 1 aliphatic rings. The molecule has 1 amide bonds. The molecular formula is C30H39N5O5. The summed E-state index contributed by atoms with van der Waals surface area (Å²) in [6.45, 7) is 9.80. The van der Waals surface area contributed by atoms with Crippen LogP contribution in [-0.2, 0) is 24.2 Å². The Labute approximate surface area is 234 Å². The minimum Gasteiger partial charge on any atom is -0.497 e. The van der Waals surface area contributed by atoms with Crippen LogP contribution in [0, 0.1) is 0 Å². The van der Waals surface area contributed by atoms with E-state index in [1.807, 2.05) is 74.2 Å². The molecule has 0 saturated carbocycles. The second-order valence-electron chi connectivity index (χ2n) is 11.0. The number of ether oxygens (including phenoxy) is 2. The van der Waals surface area contributed by atoms with Gasteiger partial charge in [-0.15, -0.1) is 0 Å². The van der Waals surface area contributed by atoms with Crippen LogP contribution < -0.4 is 21.0 Å². The van der Waals surface area contributed by atoms with Gasteiger partial charge in [-0.25, -0.2) is 19.0 Å².